The topological polar surface area (TPSA) is 26.3 Å². The van der Waals surface area contributed by atoms with Crippen LogP contribution in [0.1, 0.15) is 13.8 Å². The number of hydrogen-bond donors (Lipinski definition) is 0. The summed E-state index contributed by atoms with van der Waals surface area (Å²) in [7, 11) is 0. The quantitative estimate of drug-likeness (QED) is 0.639. The molecule has 0 fully saturated rings. The van der Waals surface area contributed by atoms with Crippen LogP contribution in [0.5, 0.6) is 5.75 Å². The van der Waals surface area contributed by atoms with Gasteiger partial charge in [-0.15, -0.1) is 5.82 Å². The maximum Gasteiger partial charge on any atom is 0.284 e. The second-order valence-electron chi connectivity index (χ2n) is 3.04. The Morgan fingerprint density at radius 2 is 1.83 bits per heavy atom. The second kappa shape index (κ2) is 4.05. The van der Waals surface area contributed by atoms with Gasteiger partial charge in [-0.05, 0) is 12.1 Å². The van der Waals surface area contributed by atoms with Gasteiger partial charge in [-0.3, -0.25) is 0 Å². The lowest BCUT2D eigenvalue weighted by molar-refractivity contribution is 0.441. The van der Waals surface area contributed by atoms with Crippen molar-refractivity contribution in [3.05, 3.63) is 30.3 Å². The van der Waals surface area contributed by atoms with E-state index in [0.29, 0.717) is 5.75 Å². The molecule has 0 atom stereocenters. The lowest BCUT2D eigenvalue weighted by atomic mass is 9.79. The molecular formula is C9H12BO2-. The van der Waals surface area contributed by atoms with Crippen molar-refractivity contribution in [1.82, 2.24) is 0 Å². The monoisotopic (exact) mass is 163 g/mol. The van der Waals surface area contributed by atoms with E-state index in [4.69, 9.17) is 4.65 Å². The zero-order valence-corrected chi connectivity index (χ0v) is 7.36. The van der Waals surface area contributed by atoms with E-state index in [1.165, 1.54) is 0 Å². The van der Waals surface area contributed by atoms with Crippen LogP contribution in [-0.2, 0) is 4.70 Å². The molecule has 64 valence electrons. The first-order valence-corrected chi connectivity index (χ1v) is 4.07. The Labute approximate surface area is 72.7 Å². The molecule has 2 nitrogen and oxygen atoms in total. The fourth-order valence-electron chi connectivity index (χ4n) is 0.769. The molecule has 0 spiro atoms. The normalized spacial score (nSPS) is 9.92. The number of para-hydroxylation sites is 1. The van der Waals surface area contributed by atoms with Crippen molar-refractivity contribution >= 4 is 6.79 Å². The van der Waals surface area contributed by atoms with Crippen molar-refractivity contribution in [2.75, 3.05) is 0 Å². The van der Waals surface area contributed by atoms with E-state index in [0.717, 1.165) is 0 Å². The third-order valence-corrected chi connectivity index (χ3v) is 1.54. The van der Waals surface area contributed by atoms with Gasteiger partial charge in [0.15, 0.2) is 0 Å². The summed E-state index contributed by atoms with van der Waals surface area (Å²) < 4.78 is 16.3. The number of hydrogen-bond acceptors (Lipinski definition) is 2. The molecule has 0 aliphatic heterocycles. The summed E-state index contributed by atoms with van der Waals surface area (Å²) in [4.78, 5) is 0. The van der Waals surface area contributed by atoms with Crippen LogP contribution in [0.2, 0.25) is 5.82 Å². The first kappa shape index (κ1) is 8.98. The molecular weight excluding hydrogens is 151 g/mol. The van der Waals surface area contributed by atoms with Gasteiger partial charge in [-0.25, -0.2) is 0 Å². The van der Waals surface area contributed by atoms with Crippen molar-refractivity contribution in [2.24, 2.45) is 0 Å². The van der Waals surface area contributed by atoms with Crippen LogP contribution in [0, 0.1) is 0 Å². The van der Waals surface area contributed by atoms with Crippen molar-refractivity contribution in [1.29, 1.82) is 0 Å². The maximum atomic E-state index is 11.2. The number of rotatable bonds is 3. The molecule has 0 saturated carbocycles. The Kier molecular flexibility index (Phi) is 3.03. The average molecular weight is 163 g/mol. The molecule has 0 unspecified atom stereocenters. The summed E-state index contributed by atoms with van der Waals surface area (Å²) in [6.45, 7) is 2.73. The van der Waals surface area contributed by atoms with Crippen LogP contribution >= 0.6 is 0 Å². The maximum absolute atomic E-state index is 11.2. The standard InChI is InChI=1S/C9H12BO2/c1-8(2)10(11)12-9-6-4-3-5-7-9/h3-8H,1-2H3/q-1. The molecule has 3 heteroatoms. The van der Waals surface area contributed by atoms with E-state index in [-0.39, 0.29) is 5.82 Å². The Morgan fingerprint density at radius 1 is 1.25 bits per heavy atom. The van der Waals surface area contributed by atoms with Gasteiger partial charge in [0.25, 0.3) is 6.79 Å². The summed E-state index contributed by atoms with van der Waals surface area (Å²) in [5.41, 5.74) is 0. The molecule has 1 aromatic rings. The molecule has 1 rings (SSSR count). The molecule has 0 N–H and O–H groups in total. The van der Waals surface area contributed by atoms with Gasteiger partial charge in [-0.1, -0.05) is 32.0 Å². The average Bonchev–Trinajstić information content (AvgIpc) is 2.06. The molecule has 0 aliphatic rings. The zero-order chi connectivity index (χ0) is 8.97. The Bertz CT molecular complexity index is 256. The second-order valence-corrected chi connectivity index (χ2v) is 3.04. The molecule has 0 bridgehead atoms. The highest BCUT2D eigenvalue weighted by Crippen LogP contribution is 2.11. The van der Waals surface area contributed by atoms with Gasteiger partial charge >= 0.3 is 0 Å². The van der Waals surface area contributed by atoms with Crippen LogP contribution in [0.25, 0.3) is 0 Å². The predicted octanol–water partition coefficient (Wildman–Crippen LogP) is 2.39. The van der Waals surface area contributed by atoms with E-state index in [1.807, 2.05) is 32.0 Å². The molecule has 0 amide bonds. The fourth-order valence-corrected chi connectivity index (χ4v) is 0.769. The predicted molar refractivity (Wildman–Crippen MR) is 48.6 cm³/mol. The van der Waals surface area contributed by atoms with Gasteiger partial charge in [0.2, 0.25) is 0 Å². The zero-order valence-electron chi connectivity index (χ0n) is 7.36. The van der Waals surface area contributed by atoms with Crippen LogP contribution < -0.4 is 4.65 Å². The molecule has 0 aromatic heterocycles. The van der Waals surface area contributed by atoms with Gasteiger partial charge in [0.05, 0.1) is 5.75 Å². The summed E-state index contributed by atoms with van der Waals surface area (Å²) >= 11 is 0. The van der Waals surface area contributed by atoms with Crippen molar-refractivity contribution in [2.45, 2.75) is 19.7 Å². The minimum absolute atomic E-state index is 0.00482. The van der Waals surface area contributed by atoms with Crippen LogP contribution in [0.4, 0.5) is 0 Å². The van der Waals surface area contributed by atoms with Gasteiger partial charge in [-0.2, -0.15) is 0 Å². The molecule has 1 aromatic carbocycles. The third-order valence-electron chi connectivity index (χ3n) is 1.54. The largest absolute Gasteiger partial charge is 0.691 e. The lowest BCUT2D eigenvalue weighted by Gasteiger charge is -2.18. The van der Waals surface area contributed by atoms with Gasteiger partial charge in [0.1, 0.15) is 0 Å². The van der Waals surface area contributed by atoms with E-state index in [9.17, 15) is 4.70 Å². The summed E-state index contributed by atoms with van der Waals surface area (Å²) in [5, 5.41) is 0. The Hall–Kier alpha value is -1.12. The van der Waals surface area contributed by atoms with E-state index in [1.54, 1.807) is 12.1 Å². The first-order chi connectivity index (χ1) is 5.70. The van der Waals surface area contributed by atoms with Crippen LogP contribution in [0.15, 0.2) is 30.3 Å². The molecule has 0 radical (unpaired) electrons. The van der Waals surface area contributed by atoms with Crippen molar-refractivity contribution in [3.8, 4) is 5.75 Å². The van der Waals surface area contributed by atoms with Gasteiger partial charge in [0, 0.05) is 0 Å². The number of benzene rings is 1. The minimum atomic E-state index is -0.965. The van der Waals surface area contributed by atoms with E-state index >= 15 is 0 Å². The van der Waals surface area contributed by atoms with Crippen molar-refractivity contribution in [3.63, 3.8) is 0 Å². The third kappa shape index (κ3) is 2.49. The van der Waals surface area contributed by atoms with Crippen LogP contribution in [0.3, 0.4) is 0 Å². The molecule has 12 heavy (non-hydrogen) atoms. The van der Waals surface area contributed by atoms with E-state index in [2.05, 4.69) is 0 Å². The lowest BCUT2D eigenvalue weighted by Crippen LogP contribution is -2.13. The summed E-state index contributed by atoms with van der Waals surface area (Å²) in [5.74, 6) is 0.649. The smallest absolute Gasteiger partial charge is 0.284 e. The SMILES string of the molecule is CC(C)[B-](=O)Oc1ccccc1. The summed E-state index contributed by atoms with van der Waals surface area (Å²) in [6, 6.07) is 9.16. The first-order valence-electron chi connectivity index (χ1n) is 4.07. The Balaban J connectivity index is 2.59. The summed E-state index contributed by atoms with van der Waals surface area (Å²) in [6.07, 6.45) is 0. The minimum Gasteiger partial charge on any atom is -0.691 e. The molecule has 0 saturated heterocycles. The van der Waals surface area contributed by atoms with E-state index < -0.39 is 6.79 Å². The fraction of sp³-hybridized carbons (Fsp3) is 0.333. The molecule has 0 aliphatic carbocycles. The Morgan fingerprint density at radius 3 is 2.33 bits per heavy atom. The molecule has 0 heterocycles. The van der Waals surface area contributed by atoms with Crippen molar-refractivity contribution < 1.29 is 9.36 Å². The highest BCUT2D eigenvalue weighted by atomic mass is 16.5. The van der Waals surface area contributed by atoms with Gasteiger partial charge < -0.3 is 9.36 Å². The highest BCUT2D eigenvalue weighted by molar-refractivity contribution is 6.37. The van der Waals surface area contributed by atoms with Crippen LogP contribution in [-0.4, -0.2) is 6.79 Å². The highest BCUT2D eigenvalue weighted by Gasteiger charge is 1.98.